The number of carbonyl (C=O) groups excluding carboxylic acids is 2. The van der Waals surface area contributed by atoms with Crippen molar-refractivity contribution in [2.45, 2.75) is 44.1 Å². The van der Waals surface area contributed by atoms with Crippen LogP contribution in [0.1, 0.15) is 48.9 Å². The Labute approximate surface area is 162 Å². The van der Waals surface area contributed by atoms with Crippen LogP contribution in [-0.2, 0) is 9.53 Å². The Balaban J connectivity index is 1.41. The first-order valence-corrected chi connectivity index (χ1v) is 9.75. The van der Waals surface area contributed by atoms with E-state index in [9.17, 15) is 9.59 Å². The molecule has 8 heteroatoms. The molecule has 2 atom stereocenters. The van der Waals surface area contributed by atoms with Crippen LogP contribution in [-0.4, -0.2) is 44.7 Å². The fraction of sp³-hybridized carbons (Fsp3) is 0.550. The second-order valence-electron chi connectivity index (χ2n) is 8.77. The van der Waals surface area contributed by atoms with E-state index in [4.69, 9.17) is 4.74 Å². The fourth-order valence-corrected chi connectivity index (χ4v) is 6.25. The molecule has 1 aromatic carbocycles. The van der Waals surface area contributed by atoms with Crippen molar-refractivity contribution < 1.29 is 14.3 Å². The fourth-order valence-electron chi connectivity index (χ4n) is 6.25. The first-order valence-electron chi connectivity index (χ1n) is 9.75. The molecule has 2 aromatic rings. The minimum atomic E-state index is -0.430. The van der Waals surface area contributed by atoms with Gasteiger partial charge in [-0.2, -0.15) is 0 Å². The molecule has 4 bridgehead atoms. The summed E-state index contributed by atoms with van der Waals surface area (Å²) < 4.78 is 6.68. The van der Waals surface area contributed by atoms with E-state index in [2.05, 4.69) is 20.8 Å². The molecule has 28 heavy (non-hydrogen) atoms. The van der Waals surface area contributed by atoms with Crippen molar-refractivity contribution in [2.75, 3.05) is 7.11 Å². The van der Waals surface area contributed by atoms with E-state index in [-0.39, 0.29) is 17.4 Å². The molecule has 4 fully saturated rings. The predicted molar refractivity (Wildman–Crippen MR) is 98.5 cm³/mol. The number of esters is 1. The predicted octanol–water partition coefficient (Wildman–Crippen LogP) is 1.90. The number of aromatic nitrogens is 4. The zero-order valence-electron chi connectivity index (χ0n) is 15.8. The highest BCUT2D eigenvalue weighted by atomic mass is 16.5. The zero-order chi connectivity index (χ0) is 19.4. The third-order valence-corrected chi connectivity index (χ3v) is 6.78. The van der Waals surface area contributed by atoms with Crippen molar-refractivity contribution >= 4 is 11.9 Å². The number of hydrogen-bond donors (Lipinski definition) is 1. The summed E-state index contributed by atoms with van der Waals surface area (Å²) in [6.45, 7) is 0. The molecule has 1 amide bonds. The van der Waals surface area contributed by atoms with Crippen LogP contribution in [0.25, 0.3) is 5.69 Å². The van der Waals surface area contributed by atoms with Crippen LogP contribution < -0.4 is 5.32 Å². The van der Waals surface area contributed by atoms with E-state index in [0.717, 1.165) is 37.8 Å². The van der Waals surface area contributed by atoms with Crippen LogP contribution in [0.5, 0.6) is 0 Å². The Hall–Kier alpha value is -2.77. The second-order valence-corrected chi connectivity index (χ2v) is 8.77. The maximum atomic E-state index is 13.1. The number of methoxy groups -OCH3 is 1. The van der Waals surface area contributed by atoms with Crippen LogP contribution in [0.2, 0.25) is 0 Å². The summed E-state index contributed by atoms with van der Waals surface area (Å²) in [4.78, 5) is 25.7. The number of tetrazole rings is 1. The largest absolute Gasteiger partial charge is 0.469 e. The molecule has 6 rings (SSSR count). The molecule has 0 radical (unpaired) electrons. The number of hydrogen-bond acceptors (Lipinski definition) is 6. The van der Waals surface area contributed by atoms with Crippen LogP contribution >= 0.6 is 0 Å². The number of nitrogens with zero attached hydrogens (tertiary/aromatic N) is 4. The molecule has 0 saturated heterocycles. The summed E-state index contributed by atoms with van der Waals surface area (Å²) >= 11 is 0. The van der Waals surface area contributed by atoms with E-state index >= 15 is 0 Å². The molecule has 0 unspecified atom stereocenters. The van der Waals surface area contributed by atoms with Gasteiger partial charge in [0.05, 0.1) is 18.2 Å². The quantitative estimate of drug-likeness (QED) is 0.812. The summed E-state index contributed by atoms with van der Waals surface area (Å²) in [5, 5.41) is 14.5. The van der Waals surface area contributed by atoms with Crippen molar-refractivity contribution in [1.82, 2.24) is 25.5 Å². The van der Waals surface area contributed by atoms with E-state index in [1.54, 1.807) is 12.1 Å². The van der Waals surface area contributed by atoms with Crippen LogP contribution in [0.15, 0.2) is 30.6 Å². The van der Waals surface area contributed by atoms with Crippen molar-refractivity contribution in [2.24, 2.45) is 17.3 Å². The zero-order valence-corrected chi connectivity index (χ0v) is 15.8. The topological polar surface area (TPSA) is 99.0 Å². The van der Waals surface area contributed by atoms with Crippen molar-refractivity contribution in [3.63, 3.8) is 0 Å². The number of benzene rings is 1. The minimum Gasteiger partial charge on any atom is -0.469 e. The van der Waals surface area contributed by atoms with Gasteiger partial charge in [-0.15, -0.1) is 5.10 Å². The van der Waals surface area contributed by atoms with Crippen molar-refractivity contribution in [1.29, 1.82) is 0 Å². The van der Waals surface area contributed by atoms with Crippen LogP contribution in [0.3, 0.4) is 0 Å². The minimum absolute atomic E-state index is 0.110. The summed E-state index contributed by atoms with van der Waals surface area (Å²) in [5.41, 5.74) is 0.547. The molecule has 1 aromatic heterocycles. The third kappa shape index (κ3) is 2.70. The Bertz CT molecular complexity index is 912. The molecule has 0 aliphatic heterocycles. The molecule has 0 spiro atoms. The Morgan fingerprint density at radius 3 is 2.68 bits per heavy atom. The van der Waals surface area contributed by atoms with Gasteiger partial charge in [-0.25, -0.2) is 4.68 Å². The molecule has 146 valence electrons. The van der Waals surface area contributed by atoms with Gasteiger partial charge in [0.1, 0.15) is 6.33 Å². The van der Waals surface area contributed by atoms with Gasteiger partial charge in [-0.3, -0.25) is 9.59 Å². The summed E-state index contributed by atoms with van der Waals surface area (Å²) in [6.07, 6.45) is 7.01. The average Bonchev–Trinajstić information content (AvgIpc) is 3.21. The number of nitrogens with one attached hydrogen (secondary N) is 1. The molecular weight excluding hydrogens is 358 g/mol. The average molecular weight is 381 g/mol. The normalized spacial score (nSPS) is 32.9. The van der Waals surface area contributed by atoms with E-state index < -0.39 is 5.41 Å². The number of ether oxygens (including phenoxy) is 1. The smallest absolute Gasteiger partial charge is 0.311 e. The highest BCUT2D eigenvalue weighted by Gasteiger charge is 2.61. The third-order valence-electron chi connectivity index (χ3n) is 6.78. The summed E-state index contributed by atoms with van der Waals surface area (Å²) in [5.74, 6) is 0.735. The monoisotopic (exact) mass is 381 g/mol. The summed E-state index contributed by atoms with van der Waals surface area (Å²) in [7, 11) is 1.47. The second kappa shape index (κ2) is 6.12. The lowest BCUT2D eigenvalue weighted by atomic mass is 9.47. The molecule has 4 aliphatic rings. The van der Waals surface area contributed by atoms with Gasteiger partial charge < -0.3 is 10.1 Å². The van der Waals surface area contributed by atoms with Gasteiger partial charge in [-0.05, 0) is 79.0 Å². The Morgan fingerprint density at radius 1 is 1.21 bits per heavy atom. The van der Waals surface area contributed by atoms with Gasteiger partial charge >= 0.3 is 5.97 Å². The number of carbonyl (C=O) groups is 2. The maximum Gasteiger partial charge on any atom is 0.311 e. The van der Waals surface area contributed by atoms with Gasteiger partial charge in [0.25, 0.3) is 5.91 Å². The van der Waals surface area contributed by atoms with E-state index in [0.29, 0.717) is 23.8 Å². The lowest BCUT2D eigenvalue weighted by Gasteiger charge is -2.60. The molecule has 4 aliphatic carbocycles. The molecular formula is C20H23N5O3. The summed E-state index contributed by atoms with van der Waals surface area (Å²) in [6, 6.07) is 7.24. The highest BCUT2D eigenvalue weighted by molar-refractivity contribution is 5.95. The van der Waals surface area contributed by atoms with Crippen LogP contribution in [0, 0.1) is 17.3 Å². The van der Waals surface area contributed by atoms with Gasteiger partial charge in [0, 0.05) is 11.1 Å². The maximum absolute atomic E-state index is 13.1. The van der Waals surface area contributed by atoms with Gasteiger partial charge in [0.2, 0.25) is 0 Å². The standard InChI is InChI=1S/C20H23N5O3/c1-28-18(27)19-7-13-5-14(8-19)10-20(9-13,11-19)22-17(26)15-3-2-4-16(6-15)25-12-21-23-24-25/h2-4,6,12-14H,5,7-11H2,1H3,(H,22,26)/t13-,14-,19?,20?/m0/s1. The number of rotatable bonds is 4. The highest BCUT2D eigenvalue weighted by Crippen LogP contribution is 2.62. The van der Waals surface area contributed by atoms with Crippen molar-refractivity contribution in [3.8, 4) is 5.69 Å². The van der Waals surface area contributed by atoms with E-state index in [1.807, 2.05) is 12.1 Å². The lowest BCUT2D eigenvalue weighted by Crippen LogP contribution is -2.64. The SMILES string of the molecule is COC(=O)C12C[C@@H]3C[C@H](CC(NC(=O)c4cccc(-n5cnnn5)c4)(C3)C1)C2. The molecule has 8 nitrogen and oxygen atoms in total. The Kier molecular flexibility index (Phi) is 3.79. The van der Waals surface area contributed by atoms with Crippen molar-refractivity contribution in [3.05, 3.63) is 36.2 Å². The first-order chi connectivity index (χ1) is 13.5. The molecule has 1 N–H and O–H groups in total. The van der Waals surface area contributed by atoms with E-state index in [1.165, 1.54) is 18.1 Å². The van der Waals surface area contributed by atoms with Crippen LogP contribution in [0.4, 0.5) is 0 Å². The molecule has 4 saturated carbocycles. The molecule has 1 heterocycles. The first kappa shape index (κ1) is 17.3. The van der Waals surface area contributed by atoms with Gasteiger partial charge in [0.15, 0.2) is 0 Å². The Morgan fingerprint density at radius 2 is 2.00 bits per heavy atom. The lowest BCUT2D eigenvalue weighted by molar-refractivity contribution is -0.171. The van der Waals surface area contributed by atoms with Gasteiger partial charge in [-0.1, -0.05) is 6.07 Å². The number of amides is 1.